The first-order valence-electron chi connectivity index (χ1n) is 10.8. The molecule has 5 nitrogen and oxygen atoms in total. The van der Waals surface area contributed by atoms with Gasteiger partial charge in [-0.1, -0.05) is 18.2 Å². The fraction of sp³-hybridized carbons (Fsp3) is 0.192. The van der Waals surface area contributed by atoms with E-state index in [1.54, 1.807) is 29.7 Å². The standard InChI is InChI=1S/C26H22FN3O2S/c1-15-23(26(32)30-18-7-4-6-17(27)14-18)25(19-8-2-3-10-28-19)24-20(29-15)12-16(13-21(24)31)22-9-5-11-33-22/h2-11,14,16,25,29H,12-13H2,1H3,(H,30,32)/t16-,25-/m1/s1. The number of rotatable bonds is 4. The minimum atomic E-state index is -0.590. The Morgan fingerprint density at radius 2 is 2.03 bits per heavy atom. The van der Waals surface area contributed by atoms with Crippen molar-refractivity contribution in [2.75, 3.05) is 5.32 Å². The van der Waals surface area contributed by atoms with E-state index in [1.165, 1.54) is 23.1 Å². The van der Waals surface area contributed by atoms with Gasteiger partial charge < -0.3 is 10.6 Å². The van der Waals surface area contributed by atoms with Crippen LogP contribution in [0.5, 0.6) is 0 Å². The average Bonchev–Trinajstić information content (AvgIpc) is 3.33. The van der Waals surface area contributed by atoms with Crippen molar-refractivity contribution in [2.45, 2.75) is 31.6 Å². The molecule has 1 aromatic carbocycles. The number of pyridine rings is 1. The molecule has 3 aromatic rings. The molecule has 0 spiro atoms. The second-order valence-corrected chi connectivity index (χ2v) is 9.23. The van der Waals surface area contributed by atoms with Crippen LogP contribution < -0.4 is 10.6 Å². The summed E-state index contributed by atoms with van der Waals surface area (Å²) in [6.07, 6.45) is 2.75. The number of aromatic nitrogens is 1. The molecular formula is C26H22FN3O2S. The average molecular weight is 460 g/mol. The summed E-state index contributed by atoms with van der Waals surface area (Å²) >= 11 is 1.65. The molecular weight excluding hydrogens is 437 g/mol. The number of nitrogens with one attached hydrogen (secondary N) is 2. The number of dihydropyridines is 1. The number of nitrogens with zero attached hydrogens (tertiary/aromatic N) is 1. The number of carbonyl (C=O) groups excluding carboxylic acids is 2. The van der Waals surface area contributed by atoms with Gasteiger partial charge >= 0.3 is 0 Å². The summed E-state index contributed by atoms with van der Waals surface area (Å²) in [5.41, 5.74) is 3.51. The molecule has 0 fully saturated rings. The second-order valence-electron chi connectivity index (χ2n) is 8.25. The molecule has 2 atom stereocenters. The summed E-state index contributed by atoms with van der Waals surface area (Å²) in [5, 5.41) is 8.16. The molecule has 0 bridgehead atoms. The third kappa shape index (κ3) is 4.12. The Bertz CT molecular complexity index is 1280. The fourth-order valence-electron chi connectivity index (χ4n) is 4.67. The van der Waals surface area contributed by atoms with Gasteiger partial charge in [-0.25, -0.2) is 4.39 Å². The number of benzene rings is 1. The number of ketones is 1. The largest absolute Gasteiger partial charge is 0.362 e. The van der Waals surface area contributed by atoms with Crippen molar-refractivity contribution < 1.29 is 14.0 Å². The van der Waals surface area contributed by atoms with Crippen LogP contribution in [-0.2, 0) is 9.59 Å². The monoisotopic (exact) mass is 459 g/mol. The van der Waals surface area contributed by atoms with E-state index in [0.29, 0.717) is 41.1 Å². The molecule has 2 N–H and O–H groups in total. The number of Topliss-reactive ketones (excluding diaryl/α,β-unsaturated/α-hetero) is 1. The van der Waals surface area contributed by atoms with Gasteiger partial charge in [0.15, 0.2) is 5.78 Å². The van der Waals surface area contributed by atoms with E-state index in [9.17, 15) is 14.0 Å². The second kappa shape index (κ2) is 8.75. The van der Waals surface area contributed by atoms with Crippen molar-refractivity contribution >= 4 is 28.7 Å². The molecule has 7 heteroatoms. The number of carbonyl (C=O) groups is 2. The van der Waals surface area contributed by atoms with Crippen LogP contribution in [-0.4, -0.2) is 16.7 Å². The van der Waals surface area contributed by atoms with Gasteiger partial charge in [-0.15, -0.1) is 11.3 Å². The molecule has 33 heavy (non-hydrogen) atoms. The fourth-order valence-corrected chi connectivity index (χ4v) is 5.50. The third-order valence-corrected chi connectivity index (χ3v) is 7.12. The molecule has 0 saturated carbocycles. The lowest BCUT2D eigenvalue weighted by Crippen LogP contribution is -2.37. The van der Waals surface area contributed by atoms with Crippen molar-refractivity contribution in [3.8, 4) is 0 Å². The maximum atomic E-state index is 13.7. The van der Waals surface area contributed by atoms with Crippen LogP contribution in [0.25, 0.3) is 0 Å². The Kier molecular flexibility index (Phi) is 5.64. The van der Waals surface area contributed by atoms with Crippen molar-refractivity contribution in [3.63, 3.8) is 0 Å². The molecule has 1 amide bonds. The van der Waals surface area contributed by atoms with Gasteiger partial charge in [0.2, 0.25) is 0 Å². The molecule has 166 valence electrons. The van der Waals surface area contributed by atoms with Crippen LogP contribution in [0.2, 0.25) is 0 Å². The Morgan fingerprint density at radius 1 is 1.15 bits per heavy atom. The summed E-state index contributed by atoms with van der Waals surface area (Å²) in [4.78, 5) is 32.6. The van der Waals surface area contributed by atoms with E-state index < -0.39 is 11.7 Å². The summed E-state index contributed by atoms with van der Waals surface area (Å²) in [5.74, 6) is -1.28. The van der Waals surface area contributed by atoms with E-state index in [0.717, 1.165) is 5.70 Å². The molecule has 0 radical (unpaired) electrons. The number of thiophene rings is 1. The van der Waals surface area contributed by atoms with E-state index in [4.69, 9.17) is 0 Å². The molecule has 1 aliphatic heterocycles. The number of amides is 1. The summed E-state index contributed by atoms with van der Waals surface area (Å²) in [6.45, 7) is 1.83. The predicted octanol–water partition coefficient (Wildman–Crippen LogP) is 5.28. The highest BCUT2D eigenvalue weighted by molar-refractivity contribution is 7.10. The van der Waals surface area contributed by atoms with Gasteiger partial charge in [-0.2, -0.15) is 0 Å². The maximum absolute atomic E-state index is 13.7. The SMILES string of the molecule is CC1=C(C(=O)Nc2cccc(F)c2)[C@@H](c2ccccn2)C2=C(C[C@@H](c3cccs3)CC2=O)N1. The number of allylic oxidation sites excluding steroid dienone is 3. The van der Waals surface area contributed by atoms with Crippen molar-refractivity contribution in [1.29, 1.82) is 0 Å². The highest BCUT2D eigenvalue weighted by atomic mass is 32.1. The van der Waals surface area contributed by atoms with Gasteiger partial charge in [0.05, 0.1) is 11.6 Å². The number of hydrogen-bond donors (Lipinski definition) is 2. The van der Waals surface area contributed by atoms with Crippen molar-refractivity contribution in [2.24, 2.45) is 0 Å². The first-order chi connectivity index (χ1) is 16.0. The molecule has 2 aromatic heterocycles. The van der Waals surface area contributed by atoms with Gasteiger partial charge in [0.25, 0.3) is 5.91 Å². The molecule has 1 aliphatic carbocycles. The van der Waals surface area contributed by atoms with Crippen molar-refractivity contribution in [1.82, 2.24) is 10.3 Å². The number of anilines is 1. The van der Waals surface area contributed by atoms with Crippen LogP contribution in [0.15, 0.2) is 88.7 Å². The van der Waals surface area contributed by atoms with E-state index in [2.05, 4.69) is 21.7 Å². The lowest BCUT2D eigenvalue weighted by Gasteiger charge is -2.36. The van der Waals surface area contributed by atoms with Gasteiger partial charge in [-0.3, -0.25) is 14.6 Å². The van der Waals surface area contributed by atoms with Crippen LogP contribution in [0.3, 0.4) is 0 Å². The first kappa shape index (κ1) is 21.3. The zero-order valence-corrected chi connectivity index (χ0v) is 18.8. The smallest absolute Gasteiger partial charge is 0.254 e. The number of halogens is 1. The Hall–Kier alpha value is -3.58. The minimum absolute atomic E-state index is 0.0151. The molecule has 5 rings (SSSR count). The zero-order valence-electron chi connectivity index (χ0n) is 18.0. The number of hydrogen-bond acceptors (Lipinski definition) is 5. The Labute approximate surface area is 195 Å². The van der Waals surface area contributed by atoms with Gasteiger partial charge in [0.1, 0.15) is 5.82 Å². The van der Waals surface area contributed by atoms with Crippen molar-refractivity contribution in [3.05, 3.63) is 105 Å². The molecule has 0 saturated heterocycles. The minimum Gasteiger partial charge on any atom is -0.362 e. The molecule has 0 unspecified atom stereocenters. The van der Waals surface area contributed by atoms with E-state index >= 15 is 0 Å². The Balaban J connectivity index is 1.55. The maximum Gasteiger partial charge on any atom is 0.254 e. The quantitative estimate of drug-likeness (QED) is 0.557. The Morgan fingerprint density at radius 3 is 2.76 bits per heavy atom. The molecule has 2 aliphatic rings. The van der Waals surface area contributed by atoms with E-state index in [-0.39, 0.29) is 17.6 Å². The summed E-state index contributed by atoms with van der Waals surface area (Å²) < 4.78 is 13.7. The summed E-state index contributed by atoms with van der Waals surface area (Å²) in [6, 6.07) is 15.3. The third-order valence-electron chi connectivity index (χ3n) is 6.08. The normalized spacial score (nSPS) is 20.4. The zero-order chi connectivity index (χ0) is 22.9. The highest BCUT2D eigenvalue weighted by Crippen LogP contribution is 2.45. The van der Waals surface area contributed by atoms with Gasteiger partial charge in [-0.05, 0) is 55.1 Å². The summed E-state index contributed by atoms with van der Waals surface area (Å²) in [7, 11) is 0. The van der Waals surface area contributed by atoms with Crippen LogP contribution in [0, 0.1) is 5.82 Å². The first-order valence-corrected chi connectivity index (χ1v) is 11.6. The topological polar surface area (TPSA) is 71.1 Å². The lowest BCUT2D eigenvalue weighted by atomic mass is 9.73. The predicted molar refractivity (Wildman–Crippen MR) is 126 cm³/mol. The van der Waals surface area contributed by atoms with Crippen LogP contribution in [0.1, 0.15) is 42.2 Å². The van der Waals surface area contributed by atoms with Crippen LogP contribution >= 0.6 is 11.3 Å². The molecule has 3 heterocycles. The van der Waals surface area contributed by atoms with E-state index in [1.807, 2.05) is 30.5 Å². The van der Waals surface area contributed by atoms with Crippen LogP contribution in [0.4, 0.5) is 10.1 Å². The van der Waals surface area contributed by atoms with Gasteiger partial charge in [0, 0.05) is 51.6 Å². The highest BCUT2D eigenvalue weighted by Gasteiger charge is 2.41. The lowest BCUT2D eigenvalue weighted by molar-refractivity contribution is -0.116.